The molecule has 0 aliphatic carbocycles. The van der Waals surface area contributed by atoms with Crippen LogP contribution in [0.3, 0.4) is 0 Å². The van der Waals surface area contributed by atoms with E-state index in [1.165, 1.54) is 0 Å². The average Bonchev–Trinajstić information content (AvgIpc) is 2.68. The lowest BCUT2D eigenvalue weighted by molar-refractivity contribution is 0.208. The Morgan fingerprint density at radius 1 is 1.33 bits per heavy atom. The summed E-state index contributed by atoms with van der Waals surface area (Å²) in [6.07, 6.45) is -0.412. The zero-order valence-corrected chi connectivity index (χ0v) is 11.2. The first-order valence-electron chi connectivity index (χ1n) is 6.03. The second kappa shape index (κ2) is 4.53. The van der Waals surface area contributed by atoms with Crippen LogP contribution in [-0.4, -0.2) is 37.6 Å². The van der Waals surface area contributed by atoms with Crippen LogP contribution in [0.5, 0.6) is 0 Å². The van der Waals surface area contributed by atoms with E-state index in [0.29, 0.717) is 12.4 Å². The van der Waals surface area contributed by atoms with Gasteiger partial charge < -0.3 is 10.4 Å². The molecule has 1 unspecified atom stereocenters. The molecule has 0 saturated heterocycles. The number of fused-ring (bicyclic) bond motifs is 1. The van der Waals surface area contributed by atoms with Crippen molar-refractivity contribution in [1.29, 1.82) is 0 Å². The van der Waals surface area contributed by atoms with Gasteiger partial charge in [-0.3, -0.25) is 0 Å². The summed E-state index contributed by atoms with van der Waals surface area (Å²) in [7, 11) is 0. The molecule has 0 spiro atoms. The standard InChI is InChI=1S/C12H19N5O/c1-8(18)7-13-9-5-6-10-14-15-11(12(2,3)4)17(10)16-9/h5-6,8,18H,7H2,1-4H3,(H,13,16). The first kappa shape index (κ1) is 12.8. The van der Waals surface area contributed by atoms with Crippen LogP contribution in [-0.2, 0) is 5.41 Å². The number of aromatic nitrogens is 4. The molecule has 1 atom stereocenters. The number of hydrogen-bond donors (Lipinski definition) is 2. The summed E-state index contributed by atoms with van der Waals surface area (Å²) in [6.45, 7) is 8.40. The van der Waals surface area contributed by atoms with Crippen molar-refractivity contribution in [3.8, 4) is 0 Å². The van der Waals surface area contributed by atoms with Crippen molar-refractivity contribution < 1.29 is 5.11 Å². The van der Waals surface area contributed by atoms with Crippen LogP contribution in [0.4, 0.5) is 5.82 Å². The first-order chi connectivity index (χ1) is 8.38. The summed E-state index contributed by atoms with van der Waals surface area (Å²) in [5, 5.41) is 25.0. The van der Waals surface area contributed by atoms with Crippen LogP contribution in [0.1, 0.15) is 33.5 Å². The number of nitrogens with one attached hydrogen (secondary N) is 1. The van der Waals surface area contributed by atoms with E-state index in [-0.39, 0.29) is 5.41 Å². The van der Waals surface area contributed by atoms with Gasteiger partial charge in [-0.05, 0) is 19.1 Å². The van der Waals surface area contributed by atoms with Gasteiger partial charge in [-0.2, -0.15) is 4.52 Å². The molecule has 0 aromatic carbocycles. The Morgan fingerprint density at radius 2 is 2.06 bits per heavy atom. The van der Waals surface area contributed by atoms with Crippen LogP contribution in [0, 0.1) is 0 Å². The van der Waals surface area contributed by atoms with Crippen molar-refractivity contribution >= 4 is 11.5 Å². The van der Waals surface area contributed by atoms with Crippen LogP contribution >= 0.6 is 0 Å². The molecule has 2 heterocycles. The lowest BCUT2D eigenvalue weighted by Gasteiger charge is -2.15. The molecule has 0 aliphatic heterocycles. The molecule has 98 valence electrons. The number of anilines is 1. The van der Waals surface area contributed by atoms with Crippen LogP contribution in [0.25, 0.3) is 5.65 Å². The fourth-order valence-corrected chi connectivity index (χ4v) is 1.60. The molecule has 0 radical (unpaired) electrons. The zero-order chi connectivity index (χ0) is 13.3. The fourth-order valence-electron chi connectivity index (χ4n) is 1.60. The van der Waals surface area contributed by atoms with Crippen molar-refractivity contribution in [2.24, 2.45) is 0 Å². The van der Waals surface area contributed by atoms with Crippen LogP contribution in [0.2, 0.25) is 0 Å². The minimum Gasteiger partial charge on any atom is -0.392 e. The Hall–Kier alpha value is -1.69. The molecule has 2 aromatic rings. The van der Waals surface area contributed by atoms with Crippen LogP contribution in [0.15, 0.2) is 12.1 Å². The Labute approximate surface area is 106 Å². The Morgan fingerprint density at radius 3 is 2.67 bits per heavy atom. The molecule has 6 nitrogen and oxygen atoms in total. The van der Waals surface area contributed by atoms with Crippen molar-refractivity contribution in [1.82, 2.24) is 19.8 Å². The third-order valence-corrected chi connectivity index (χ3v) is 2.51. The minimum atomic E-state index is -0.412. The Bertz CT molecular complexity index is 541. The second-order valence-electron chi connectivity index (χ2n) is 5.49. The fraction of sp³-hybridized carbons (Fsp3) is 0.583. The third-order valence-electron chi connectivity index (χ3n) is 2.51. The molecule has 18 heavy (non-hydrogen) atoms. The molecular weight excluding hydrogens is 230 g/mol. The highest BCUT2D eigenvalue weighted by molar-refractivity contribution is 5.44. The highest BCUT2D eigenvalue weighted by Crippen LogP contribution is 2.20. The van der Waals surface area contributed by atoms with Crippen molar-refractivity contribution in [2.75, 3.05) is 11.9 Å². The number of aliphatic hydroxyl groups excluding tert-OH is 1. The molecule has 2 aromatic heterocycles. The predicted octanol–water partition coefficient (Wildman–Crippen LogP) is 1.21. The monoisotopic (exact) mass is 249 g/mol. The molecule has 0 fully saturated rings. The molecular formula is C12H19N5O. The maximum Gasteiger partial charge on any atom is 0.178 e. The van der Waals surface area contributed by atoms with E-state index >= 15 is 0 Å². The SMILES string of the molecule is CC(O)CNc1ccc2nnc(C(C)(C)C)n2n1. The quantitative estimate of drug-likeness (QED) is 0.855. The Kier molecular flexibility index (Phi) is 3.21. The molecule has 0 bridgehead atoms. The van der Waals surface area contributed by atoms with Gasteiger partial charge in [0.1, 0.15) is 5.82 Å². The molecule has 0 saturated carbocycles. The van der Waals surface area contributed by atoms with Crippen molar-refractivity contribution in [3.05, 3.63) is 18.0 Å². The van der Waals surface area contributed by atoms with Gasteiger partial charge in [0.2, 0.25) is 0 Å². The van der Waals surface area contributed by atoms with E-state index in [1.807, 2.05) is 12.1 Å². The first-order valence-corrected chi connectivity index (χ1v) is 6.03. The van der Waals surface area contributed by atoms with Gasteiger partial charge in [0.25, 0.3) is 0 Å². The lowest BCUT2D eigenvalue weighted by Crippen LogP contribution is -2.19. The van der Waals surface area contributed by atoms with E-state index < -0.39 is 6.10 Å². The summed E-state index contributed by atoms with van der Waals surface area (Å²) in [5.41, 5.74) is 0.609. The summed E-state index contributed by atoms with van der Waals surface area (Å²) in [4.78, 5) is 0. The molecule has 0 aliphatic rings. The number of aliphatic hydroxyl groups is 1. The Balaban J connectivity index is 2.36. The molecule has 2 rings (SSSR count). The van der Waals surface area contributed by atoms with Gasteiger partial charge >= 0.3 is 0 Å². The van der Waals surface area contributed by atoms with Gasteiger partial charge in [-0.1, -0.05) is 20.8 Å². The minimum absolute atomic E-state index is 0.116. The normalized spacial score (nSPS) is 13.8. The molecule has 2 N–H and O–H groups in total. The number of rotatable bonds is 3. The van der Waals surface area contributed by atoms with Crippen molar-refractivity contribution in [2.45, 2.75) is 39.2 Å². The number of hydrogen-bond acceptors (Lipinski definition) is 5. The molecule has 6 heteroatoms. The highest BCUT2D eigenvalue weighted by atomic mass is 16.3. The zero-order valence-electron chi connectivity index (χ0n) is 11.2. The maximum atomic E-state index is 9.25. The highest BCUT2D eigenvalue weighted by Gasteiger charge is 2.21. The summed E-state index contributed by atoms with van der Waals surface area (Å²) in [5.74, 6) is 1.52. The largest absolute Gasteiger partial charge is 0.392 e. The van der Waals surface area contributed by atoms with Crippen molar-refractivity contribution in [3.63, 3.8) is 0 Å². The van der Waals surface area contributed by atoms with E-state index in [2.05, 4.69) is 41.4 Å². The summed E-state index contributed by atoms with van der Waals surface area (Å²) < 4.78 is 1.74. The predicted molar refractivity (Wildman–Crippen MR) is 69.7 cm³/mol. The summed E-state index contributed by atoms with van der Waals surface area (Å²) in [6, 6.07) is 3.69. The second-order valence-corrected chi connectivity index (χ2v) is 5.49. The van der Waals surface area contributed by atoms with E-state index in [0.717, 1.165) is 11.5 Å². The maximum absolute atomic E-state index is 9.25. The van der Waals surface area contributed by atoms with Gasteiger partial charge in [-0.25, -0.2) is 0 Å². The van der Waals surface area contributed by atoms with Gasteiger partial charge in [-0.15, -0.1) is 15.3 Å². The molecule has 0 amide bonds. The van der Waals surface area contributed by atoms with Gasteiger partial charge in [0, 0.05) is 12.0 Å². The third kappa shape index (κ3) is 2.59. The topological polar surface area (TPSA) is 75.3 Å². The number of nitrogens with zero attached hydrogens (tertiary/aromatic N) is 4. The average molecular weight is 249 g/mol. The van der Waals surface area contributed by atoms with E-state index in [4.69, 9.17) is 0 Å². The van der Waals surface area contributed by atoms with Gasteiger partial charge in [0.15, 0.2) is 11.5 Å². The van der Waals surface area contributed by atoms with E-state index in [9.17, 15) is 5.11 Å². The summed E-state index contributed by atoms with van der Waals surface area (Å²) >= 11 is 0. The lowest BCUT2D eigenvalue weighted by atomic mass is 9.96. The van der Waals surface area contributed by atoms with Gasteiger partial charge in [0.05, 0.1) is 6.10 Å². The smallest absolute Gasteiger partial charge is 0.178 e. The van der Waals surface area contributed by atoms with E-state index in [1.54, 1.807) is 11.4 Å². The van der Waals surface area contributed by atoms with Crippen LogP contribution < -0.4 is 5.32 Å².